The zero-order valence-electron chi connectivity index (χ0n) is 16.6. The van der Waals surface area contributed by atoms with E-state index < -0.39 is 12.2 Å². The van der Waals surface area contributed by atoms with E-state index in [1.807, 2.05) is 59.6 Å². The lowest BCUT2D eigenvalue weighted by Crippen LogP contribution is -2.53. The van der Waals surface area contributed by atoms with E-state index in [0.717, 1.165) is 23.6 Å². The summed E-state index contributed by atoms with van der Waals surface area (Å²) < 4.78 is 21.3. The van der Waals surface area contributed by atoms with Crippen LogP contribution in [0.15, 0.2) is 67.0 Å². The Balaban J connectivity index is 1.43. The number of ether oxygens (including phenoxy) is 1. The molecule has 0 aliphatic carbocycles. The lowest BCUT2D eigenvalue weighted by atomic mass is 9.89. The molecule has 2 aliphatic heterocycles. The minimum atomic E-state index is -0.478. The molecule has 0 unspecified atom stereocenters. The third kappa shape index (κ3) is 2.93. The van der Waals surface area contributed by atoms with E-state index in [9.17, 15) is 9.18 Å². The SMILES string of the molecule is O=C(COc1ccccc1)N1CC[C@@]2(C1)c1cccn1-c1ncccc1N2CCF. The largest absolute Gasteiger partial charge is 0.484 e. The maximum Gasteiger partial charge on any atom is 0.260 e. The summed E-state index contributed by atoms with van der Waals surface area (Å²) in [6.07, 6.45) is 4.46. The number of anilines is 1. The number of hydrogen-bond donors (Lipinski definition) is 0. The van der Waals surface area contributed by atoms with Gasteiger partial charge >= 0.3 is 0 Å². The molecule has 1 amide bonds. The van der Waals surface area contributed by atoms with Gasteiger partial charge in [-0.3, -0.25) is 4.79 Å². The van der Waals surface area contributed by atoms with Gasteiger partial charge in [-0.25, -0.2) is 9.37 Å². The van der Waals surface area contributed by atoms with Crippen LogP contribution in [-0.2, 0) is 10.3 Å². The first kappa shape index (κ1) is 18.7. The first-order valence-corrected chi connectivity index (χ1v) is 10.2. The van der Waals surface area contributed by atoms with Crippen molar-refractivity contribution in [3.05, 3.63) is 72.7 Å². The number of amides is 1. The number of aromatic nitrogens is 2. The zero-order valence-corrected chi connectivity index (χ0v) is 16.6. The molecule has 1 fully saturated rings. The Hall–Kier alpha value is -3.35. The van der Waals surface area contributed by atoms with E-state index in [1.165, 1.54) is 0 Å². The van der Waals surface area contributed by atoms with Crippen molar-refractivity contribution in [3.63, 3.8) is 0 Å². The van der Waals surface area contributed by atoms with Crippen LogP contribution in [0, 0.1) is 0 Å². The van der Waals surface area contributed by atoms with E-state index in [2.05, 4.69) is 20.5 Å². The summed E-state index contributed by atoms with van der Waals surface area (Å²) in [7, 11) is 0. The van der Waals surface area contributed by atoms with Crippen LogP contribution in [0.4, 0.5) is 10.1 Å². The van der Waals surface area contributed by atoms with Crippen molar-refractivity contribution in [3.8, 4) is 11.6 Å². The Morgan fingerprint density at radius 3 is 2.83 bits per heavy atom. The Bertz CT molecular complexity index is 1050. The summed E-state index contributed by atoms with van der Waals surface area (Å²) in [5.41, 5.74) is 1.46. The number of fused-ring (bicyclic) bond motifs is 4. The fourth-order valence-corrected chi connectivity index (χ4v) is 4.71. The van der Waals surface area contributed by atoms with Crippen LogP contribution in [0.5, 0.6) is 5.75 Å². The van der Waals surface area contributed by atoms with Gasteiger partial charge in [0.1, 0.15) is 18.0 Å². The number of hydrogen-bond acceptors (Lipinski definition) is 4. The van der Waals surface area contributed by atoms with Crippen molar-refractivity contribution in [1.82, 2.24) is 14.5 Å². The van der Waals surface area contributed by atoms with Crippen LogP contribution in [0.2, 0.25) is 0 Å². The molecule has 0 N–H and O–H groups in total. The van der Waals surface area contributed by atoms with Gasteiger partial charge in [0.15, 0.2) is 12.4 Å². The summed E-state index contributed by atoms with van der Waals surface area (Å²) in [5.74, 6) is 1.41. The number of likely N-dealkylation sites (tertiary alicyclic amines) is 1. The minimum absolute atomic E-state index is 0.0115. The molecular weight excluding hydrogens is 383 g/mol. The second kappa shape index (κ2) is 7.48. The molecule has 2 aliphatic rings. The average Bonchev–Trinajstić information content (AvgIpc) is 3.45. The molecule has 6 nitrogen and oxygen atoms in total. The molecular formula is C23H23FN4O2. The quantitative estimate of drug-likeness (QED) is 0.653. The Labute approximate surface area is 174 Å². The summed E-state index contributed by atoms with van der Waals surface area (Å²) in [5, 5.41) is 0. The van der Waals surface area contributed by atoms with Gasteiger partial charge in [-0.2, -0.15) is 0 Å². The predicted octanol–water partition coefficient (Wildman–Crippen LogP) is 3.17. The first-order valence-electron chi connectivity index (χ1n) is 10.2. The third-order valence-corrected chi connectivity index (χ3v) is 6.04. The van der Waals surface area contributed by atoms with Gasteiger partial charge in [0.2, 0.25) is 0 Å². The van der Waals surface area contributed by atoms with Crippen molar-refractivity contribution in [1.29, 1.82) is 0 Å². The van der Waals surface area contributed by atoms with Crippen molar-refractivity contribution in [2.75, 3.05) is 37.8 Å². The Kier molecular flexibility index (Phi) is 4.65. The molecule has 0 saturated carbocycles. The molecule has 1 saturated heterocycles. The lowest BCUT2D eigenvalue weighted by Gasteiger charge is -2.46. The van der Waals surface area contributed by atoms with Crippen molar-refractivity contribution in [2.24, 2.45) is 0 Å². The monoisotopic (exact) mass is 406 g/mol. The molecule has 7 heteroatoms. The number of benzene rings is 1. The number of nitrogens with zero attached hydrogens (tertiary/aromatic N) is 4. The van der Waals surface area contributed by atoms with Crippen LogP contribution in [0.1, 0.15) is 12.1 Å². The lowest BCUT2D eigenvalue weighted by molar-refractivity contribution is -0.132. The second-order valence-electron chi connectivity index (χ2n) is 7.65. The molecule has 3 aromatic rings. The summed E-state index contributed by atoms with van der Waals surface area (Å²) in [6.45, 7) is 0.861. The molecule has 1 aromatic carbocycles. The Morgan fingerprint density at radius 2 is 2.00 bits per heavy atom. The van der Waals surface area contributed by atoms with Crippen LogP contribution in [-0.4, -0.2) is 53.3 Å². The molecule has 2 aromatic heterocycles. The molecule has 0 bridgehead atoms. The van der Waals surface area contributed by atoms with E-state index in [4.69, 9.17) is 4.74 Å². The minimum Gasteiger partial charge on any atom is -0.484 e. The number of halogens is 1. The van der Waals surface area contributed by atoms with Crippen molar-refractivity contribution >= 4 is 11.6 Å². The summed E-state index contributed by atoms with van der Waals surface area (Å²) >= 11 is 0. The standard InChI is InChI=1S/C23H23FN4O2/c24-11-15-28-19-8-4-12-25-22(19)27-13-5-9-20(27)23(28)10-14-26(17-23)21(29)16-30-18-6-2-1-3-7-18/h1-9,12-13H,10-11,14-17H2/t23-/m1/s1. The zero-order chi connectivity index (χ0) is 20.6. The van der Waals surface area contributed by atoms with Gasteiger partial charge in [-0.05, 0) is 42.8 Å². The maximum absolute atomic E-state index is 13.6. The van der Waals surface area contributed by atoms with Crippen LogP contribution < -0.4 is 9.64 Å². The predicted molar refractivity (Wildman–Crippen MR) is 112 cm³/mol. The number of para-hydroxylation sites is 1. The van der Waals surface area contributed by atoms with Crippen LogP contribution in [0.3, 0.4) is 0 Å². The molecule has 1 atom stereocenters. The van der Waals surface area contributed by atoms with Gasteiger partial charge in [0.05, 0.1) is 11.4 Å². The van der Waals surface area contributed by atoms with Gasteiger partial charge in [0, 0.05) is 32.0 Å². The van der Waals surface area contributed by atoms with Gasteiger partial charge in [-0.1, -0.05) is 18.2 Å². The van der Waals surface area contributed by atoms with E-state index in [1.54, 1.807) is 6.20 Å². The highest BCUT2D eigenvalue weighted by Crippen LogP contribution is 2.46. The van der Waals surface area contributed by atoms with Crippen molar-refractivity contribution in [2.45, 2.75) is 12.0 Å². The summed E-state index contributed by atoms with van der Waals surface area (Å²) in [4.78, 5) is 21.3. The van der Waals surface area contributed by atoms with Gasteiger partial charge in [0.25, 0.3) is 5.91 Å². The highest BCUT2D eigenvalue weighted by Gasteiger charge is 2.50. The summed E-state index contributed by atoms with van der Waals surface area (Å²) in [6, 6.07) is 17.2. The fraction of sp³-hybridized carbons (Fsp3) is 0.304. The van der Waals surface area contributed by atoms with Crippen LogP contribution in [0.25, 0.3) is 5.82 Å². The normalized spacial score (nSPS) is 19.6. The van der Waals surface area contributed by atoms with Crippen molar-refractivity contribution < 1.29 is 13.9 Å². The average molecular weight is 406 g/mol. The first-order chi connectivity index (χ1) is 14.7. The second-order valence-corrected chi connectivity index (χ2v) is 7.65. The number of rotatable bonds is 5. The van der Waals surface area contributed by atoms with E-state index in [-0.39, 0.29) is 19.1 Å². The van der Waals surface area contributed by atoms with Gasteiger partial charge in [-0.15, -0.1) is 0 Å². The number of pyridine rings is 1. The van der Waals surface area contributed by atoms with Gasteiger partial charge < -0.3 is 19.1 Å². The molecule has 0 radical (unpaired) electrons. The molecule has 30 heavy (non-hydrogen) atoms. The molecule has 4 heterocycles. The van der Waals surface area contributed by atoms with E-state index in [0.29, 0.717) is 18.8 Å². The number of carbonyl (C=O) groups excluding carboxylic acids is 1. The topological polar surface area (TPSA) is 50.6 Å². The third-order valence-electron chi connectivity index (χ3n) is 6.04. The molecule has 5 rings (SSSR count). The molecule has 154 valence electrons. The smallest absolute Gasteiger partial charge is 0.260 e. The van der Waals surface area contributed by atoms with E-state index >= 15 is 0 Å². The number of carbonyl (C=O) groups is 1. The molecule has 1 spiro atoms. The van der Waals surface area contributed by atoms with Crippen LogP contribution >= 0.6 is 0 Å². The Morgan fingerprint density at radius 1 is 1.13 bits per heavy atom. The maximum atomic E-state index is 13.6. The fourth-order valence-electron chi connectivity index (χ4n) is 4.71. The highest BCUT2D eigenvalue weighted by atomic mass is 19.1. The highest BCUT2D eigenvalue weighted by molar-refractivity contribution is 5.79. The number of alkyl halides is 1.